The third-order valence-corrected chi connectivity index (χ3v) is 3.45. The van der Waals surface area contributed by atoms with Gasteiger partial charge in [0.05, 0.1) is 0 Å². The van der Waals surface area contributed by atoms with E-state index in [-0.39, 0.29) is 0 Å². The summed E-state index contributed by atoms with van der Waals surface area (Å²) in [5.41, 5.74) is 4.18. The van der Waals surface area contributed by atoms with Gasteiger partial charge in [-0.3, -0.25) is 0 Å². The van der Waals surface area contributed by atoms with E-state index in [1.54, 1.807) is 0 Å². The van der Waals surface area contributed by atoms with E-state index in [2.05, 4.69) is 45.1 Å². The second-order valence-electron chi connectivity index (χ2n) is 5.60. The normalized spacial score (nSPS) is 13.4. The monoisotopic (exact) mass is 272 g/mol. The zero-order chi connectivity index (χ0) is 14.4. The lowest BCUT2D eigenvalue weighted by molar-refractivity contribution is 0.174. The molecule has 1 aliphatic heterocycles. The molecule has 1 aliphatic rings. The largest absolute Gasteiger partial charge is 0.454 e. The fourth-order valence-corrected chi connectivity index (χ4v) is 2.27. The molecular formula is C18H24O2. The zero-order valence-electron chi connectivity index (χ0n) is 12.7. The molecule has 0 N–H and O–H groups in total. The molecule has 20 heavy (non-hydrogen) atoms. The first-order valence-corrected chi connectivity index (χ1v) is 7.32. The van der Waals surface area contributed by atoms with Crippen molar-refractivity contribution in [3.8, 4) is 11.5 Å². The van der Waals surface area contributed by atoms with Crippen LogP contribution in [0.25, 0.3) is 0 Å². The number of hydrogen-bond donors (Lipinski definition) is 0. The first-order chi connectivity index (χ1) is 9.65. The van der Waals surface area contributed by atoms with Crippen molar-refractivity contribution in [2.75, 3.05) is 6.79 Å². The van der Waals surface area contributed by atoms with Crippen LogP contribution in [-0.2, 0) is 6.42 Å². The van der Waals surface area contributed by atoms with E-state index in [1.165, 1.54) is 16.7 Å². The third kappa shape index (κ3) is 4.44. The van der Waals surface area contributed by atoms with Crippen molar-refractivity contribution in [3.63, 3.8) is 0 Å². The molecule has 0 aromatic heterocycles. The number of aryl methyl sites for hydroxylation is 1. The summed E-state index contributed by atoms with van der Waals surface area (Å²) in [7, 11) is 0. The summed E-state index contributed by atoms with van der Waals surface area (Å²) in [6.45, 7) is 6.87. The minimum absolute atomic E-state index is 0.349. The maximum Gasteiger partial charge on any atom is 0.231 e. The van der Waals surface area contributed by atoms with E-state index in [0.29, 0.717) is 6.79 Å². The van der Waals surface area contributed by atoms with Crippen LogP contribution in [0.1, 0.15) is 45.6 Å². The molecule has 2 nitrogen and oxygen atoms in total. The number of rotatable bonds is 6. The van der Waals surface area contributed by atoms with Crippen LogP contribution in [0.5, 0.6) is 11.5 Å². The molecule has 108 valence electrons. The fraction of sp³-hybridized carbons (Fsp3) is 0.444. The summed E-state index contributed by atoms with van der Waals surface area (Å²) in [6, 6.07) is 6.22. The number of hydrogen-bond acceptors (Lipinski definition) is 2. The average Bonchev–Trinajstić information content (AvgIpc) is 2.85. The SMILES string of the molecule is CC(C)=CCCC(C)=CCCc1ccc2c(c1)OCO2. The van der Waals surface area contributed by atoms with Gasteiger partial charge in [-0.2, -0.15) is 0 Å². The van der Waals surface area contributed by atoms with Gasteiger partial charge in [0.15, 0.2) is 11.5 Å². The van der Waals surface area contributed by atoms with Crippen molar-refractivity contribution in [1.29, 1.82) is 0 Å². The Morgan fingerprint density at radius 1 is 1.05 bits per heavy atom. The number of benzene rings is 1. The maximum absolute atomic E-state index is 5.40. The van der Waals surface area contributed by atoms with Crippen molar-refractivity contribution in [2.45, 2.75) is 46.5 Å². The van der Waals surface area contributed by atoms with Gasteiger partial charge in [0.1, 0.15) is 0 Å². The summed E-state index contributed by atoms with van der Waals surface area (Å²) < 4.78 is 10.7. The molecule has 2 heteroatoms. The van der Waals surface area contributed by atoms with Crippen LogP contribution < -0.4 is 9.47 Å². The Labute approximate surface area is 122 Å². The van der Waals surface area contributed by atoms with Crippen molar-refractivity contribution in [2.24, 2.45) is 0 Å². The van der Waals surface area contributed by atoms with Crippen molar-refractivity contribution < 1.29 is 9.47 Å². The van der Waals surface area contributed by atoms with E-state index in [9.17, 15) is 0 Å². The van der Waals surface area contributed by atoms with Crippen LogP contribution in [0.4, 0.5) is 0 Å². The number of fused-ring (bicyclic) bond motifs is 1. The highest BCUT2D eigenvalue weighted by atomic mass is 16.7. The smallest absolute Gasteiger partial charge is 0.231 e. The molecule has 1 aromatic carbocycles. The molecule has 1 aromatic rings. The Hall–Kier alpha value is -1.70. The molecule has 0 amide bonds. The summed E-state index contributed by atoms with van der Waals surface area (Å²) in [5, 5.41) is 0. The first kappa shape index (κ1) is 14.7. The van der Waals surface area contributed by atoms with Gasteiger partial charge in [0.2, 0.25) is 6.79 Å². The van der Waals surface area contributed by atoms with E-state index in [0.717, 1.165) is 37.2 Å². The van der Waals surface area contributed by atoms with Gasteiger partial charge in [-0.15, -0.1) is 0 Å². The molecule has 0 fully saturated rings. The Balaban J connectivity index is 1.79. The fourth-order valence-electron chi connectivity index (χ4n) is 2.27. The minimum atomic E-state index is 0.349. The molecule has 0 saturated heterocycles. The lowest BCUT2D eigenvalue weighted by Crippen LogP contribution is -1.92. The predicted octanol–water partition coefficient (Wildman–Crippen LogP) is 5.04. The highest BCUT2D eigenvalue weighted by molar-refractivity contribution is 5.44. The van der Waals surface area contributed by atoms with Crippen molar-refractivity contribution >= 4 is 0 Å². The quantitative estimate of drug-likeness (QED) is 0.675. The molecule has 0 spiro atoms. The molecule has 0 atom stereocenters. The van der Waals surface area contributed by atoms with Gasteiger partial charge < -0.3 is 9.47 Å². The van der Waals surface area contributed by atoms with E-state index >= 15 is 0 Å². The second-order valence-corrected chi connectivity index (χ2v) is 5.60. The van der Waals surface area contributed by atoms with Crippen molar-refractivity contribution in [3.05, 3.63) is 47.1 Å². The lowest BCUT2D eigenvalue weighted by atomic mass is 10.1. The highest BCUT2D eigenvalue weighted by Gasteiger charge is 2.12. The van der Waals surface area contributed by atoms with E-state index in [4.69, 9.17) is 9.47 Å². The Morgan fingerprint density at radius 3 is 2.65 bits per heavy atom. The zero-order valence-corrected chi connectivity index (χ0v) is 12.7. The molecule has 2 rings (SSSR count). The van der Waals surface area contributed by atoms with Crippen LogP contribution in [0.3, 0.4) is 0 Å². The van der Waals surface area contributed by atoms with Gasteiger partial charge in [-0.25, -0.2) is 0 Å². The molecule has 1 heterocycles. The molecule has 0 unspecified atom stereocenters. The standard InChI is InChI=1S/C18H24O2/c1-14(2)6-4-7-15(3)8-5-9-16-10-11-17-18(12-16)20-13-19-17/h6,8,10-12H,4-5,7,9,13H2,1-3H3. The topological polar surface area (TPSA) is 18.5 Å². The Bertz CT molecular complexity index is 508. The molecular weight excluding hydrogens is 248 g/mol. The first-order valence-electron chi connectivity index (χ1n) is 7.32. The summed E-state index contributed by atoms with van der Waals surface area (Å²) in [6.07, 6.45) is 9.09. The van der Waals surface area contributed by atoms with Gasteiger partial charge in [-0.1, -0.05) is 29.4 Å². The minimum Gasteiger partial charge on any atom is -0.454 e. The number of ether oxygens (including phenoxy) is 2. The highest BCUT2D eigenvalue weighted by Crippen LogP contribution is 2.32. The van der Waals surface area contributed by atoms with Gasteiger partial charge in [0, 0.05) is 0 Å². The second kappa shape index (κ2) is 7.18. The maximum atomic E-state index is 5.40. The summed E-state index contributed by atoms with van der Waals surface area (Å²) in [4.78, 5) is 0. The van der Waals surface area contributed by atoms with Crippen LogP contribution in [0, 0.1) is 0 Å². The van der Waals surface area contributed by atoms with Crippen LogP contribution in [0.15, 0.2) is 41.5 Å². The van der Waals surface area contributed by atoms with Crippen LogP contribution in [0.2, 0.25) is 0 Å². The van der Waals surface area contributed by atoms with Crippen molar-refractivity contribution in [1.82, 2.24) is 0 Å². The van der Waals surface area contributed by atoms with Gasteiger partial charge >= 0.3 is 0 Å². The Kier molecular flexibility index (Phi) is 5.28. The van der Waals surface area contributed by atoms with Crippen LogP contribution >= 0.6 is 0 Å². The third-order valence-electron chi connectivity index (χ3n) is 3.45. The summed E-state index contributed by atoms with van der Waals surface area (Å²) >= 11 is 0. The molecule has 0 aliphatic carbocycles. The molecule has 0 radical (unpaired) electrons. The number of allylic oxidation sites excluding steroid dienone is 4. The van der Waals surface area contributed by atoms with Gasteiger partial charge in [0.25, 0.3) is 0 Å². The predicted molar refractivity (Wildman–Crippen MR) is 83.3 cm³/mol. The molecule has 0 bridgehead atoms. The lowest BCUT2D eigenvalue weighted by Gasteiger charge is -2.02. The summed E-state index contributed by atoms with van der Waals surface area (Å²) in [5.74, 6) is 1.74. The average molecular weight is 272 g/mol. The van der Waals surface area contributed by atoms with E-state index in [1.807, 2.05) is 6.07 Å². The van der Waals surface area contributed by atoms with E-state index < -0.39 is 0 Å². The Morgan fingerprint density at radius 2 is 1.85 bits per heavy atom. The van der Waals surface area contributed by atoms with Gasteiger partial charge in [-0.05, 0) is 64.2 Å². The molecule has 0 saturated carbocycles. The van der Waals surface area contributed by atoms with Crippen LogP contribution in [-0.4, -0.2) is 6.79 Å².